The molecule has 1 aromatic carbocycles. The fraction of sp³-hybridized carbons (Fsp3) is 0.500. The number of rotatable bonds is 5. The number of hydrogen-bond acceptors (Lipinski definition) is 1. The molecule has 0 atom stereocenters. The Hall–Kier alpha value is -1.10. The lowest BCUT2D eigenvalue weighted by Gasteiger charge is -2.09. The first-order valence-electron chi connectivity index (χ1n) is 5.45. The minimum absolute atomic E-state index is 0.397. The second-order valence-electron chi connectivity index (χ2n) is 3.91. The first-order valence-corrected chi connectivity index (χ1v) is 5.45. The largest absolute Gasteiger partial charge is 0.416 e. The van der Waals surface area contributed by atoms with Gasteiger partial charge in [-0.2, -0.15) is 13.2 Å². The minimum Gasteiger partial charge on any atom is -0.320 e. The van der Waals surface area contributed by atoms with Crippen molar-refractivity contribution < 1.29 is 17.6 Å². The zero-order valence-electron chi connectivity index (χ0n) is 9.57. The summed E-state index contributed by atoms with van der Waals surface area (Å²) < 4.78 is 50.3. The van der Waals surface area contributed by atoms with E-state index < -0.39 is 17.6 Å². The molecule has 0 amide bonds. The molecule has 0 heterocycles. The summed E-state index contributed by atoms with van der Waals surface area (Å²) in [6.07, 6.45) is -2.43. The van der Waals surface area contributed by atoms with Crippen molar-refractivity contribution in [3.05, 3.63) is 35.1 Å². The highest BCUT2D eigenvalue weighted by Crippen LogP contribution is 2.30. The summed E-state index contributed by atoms with van der Waals surface area (Å²) in [6, 6.07) is 2.70. The van der Waals surface area contributed by atoms with Crippen molar-refractivity contribution >= 4 is 0 Å². The van der Waals surface area contributed by atoms with Crippen LogP contribution in [0.1, 0.15) is 24.0 Å². The molecule has 1 nitrogen and oxygen atoms in total. The van der Waals surface area contributed by atoms with Crippen LogP contribution in [0, 0.1) is 5.82 Å². The lowest BCUT2D eigenvalue weighted by molar-refractivity contribution is -0.137. The molecule has 17 heavy (non-hydrogen) atoms. The maximum atomic E-state index is 13.0. The first-order chi connectivity index (χ1) is 7.93. The van der Waals surface area contributed by atoms with Gasteiger partial charge in [0.15, 0.2) is 0 Å². The highest BCUT2D eigenvalue weighted by Gasteiger charge is 2.31. The molecule has 96 valence electrons. The molecule has 1 aromatic rings. The van der Waals surface area contributed by atoms with Crippen LogP contribution >= 0.6 is 0 Å². The van der Waals surface area contributed by atoms with Gasteiger partial charge >= 0.3 is 6.18 Å². The summed E-state index contributed by atoms with van der Waals surface area (Å²) in [7, 11) is 1.81. The van der Waals surface area contributed by atoms with Gasteiger partial charge in [-0.15, -0.1) is 0 Å². The SMILES string of the molecule is CNCCCCc1cc(F)cc(C(F)(F)F)c1. The molecule has 1 N–H and O–H groups in total. The van der Waals surface area contributed by atoms with Gasteiger partial charge in [0.1, 0.15) is 5.82 Å². The average molecular weight is 249 g/mol. The predicted molar refractivity (Wildman–Crippen MR) is 58.3 cm³/mol. The van der Waals surface area contributed by atoms with Crippen molar-refractivity contribution in [2.24, 2.45) is 0 Å². The molecule has 0 aliphatic rings. The molecule has 5 heteroatoms. The van der Waals surface area contributed by atoms with E-state index in [1.165, 1.54) is 0 Å². The molecule has 0 radical (unpaired) electrons. The Bertz CT molecular complexity index is 360. The van der Waals surface area contributed by atoms with Crippen molar-refractivity contribution in [1.29, 1.82) is 0 Å². The standard InChI is InChI=1S/C12H15F4N/c1-17-5-3-2-4-9-6-10(12(14,15)16)8-11(13)7-9/h6-8,17H,2-5H2,1H3. The third-order valence-corrected chi connectivity index (χ3v) is 2.43. The lowest BCUT2D eigenvalue weighted by atomic mass is 10.0. The summed E-state index contributed by atoms with van der Waals surface area (Å²) in [4.78, 5) is 0. The van der Waals surface area contributed by atoms with Gasteiger partial charge in [-0.05, 0) is 56.6 Å². The third-order valence-electron chi connectivity index (χ3n) is 2.43. The van der Waals surface area contributed by atoms with Gasteiger partial charge in [-0.1, -0.05) is 0 Å². The van der Waals surface area contributed by atoms with E-state index in [1.807, 2.05) is 7.05 Å². The topological polar surface area (TPSA) is 12.0 Å². The van der Waals surface area contributed by atoms with Crippen LogP contribution in [0.4, 0.5) is 17.6 Å². The second-order valence-corrected chi connectivity index (χ2v) is 3.91. The van der Waals surface area contributed by atoms with Crippen LogP contribution < -0.4 is 5.32 Å². The smallest absolute Gasteiger partial charge is 0.320 e. The van der Waals surface area contributed by atoms with E-state index in [1.54, 1.807) is 0 Å². The molecule has 0 saturated carbocycles. The molecule has 0 fully saturated rings. The summed E-state index contributed by atoms with van der Waals surface area (Å²) in [5.41, 5.74) is -0.519. The van der Waals surface area contributed by atoms with Gasteiger partial charge in [0.2, 0.25) is 0 Å². The Labute approximate surface area is 97.8 Å². The van der Waals surface area contributed by atoms with Gasteiger partial charge in [-0.3, -0.25) is 0 Å². The highest BCUT2D eigenvalue weighted by molar-refractivity contribution is 5.26. The molecule has 0 aliphatic heterocycles. The van der Waals surface area contributed by atoms with Crippen LogP contribution in [0.25, 0.3) is 0 Å². The molecule has 0 aliphatic carbocycles. The lowest BCUT2D eigenvalue weighted by Crippen LogP contribution is -2.08. The van der Waals surface area contributed by atoms with Gasteiger partial charge in [0, 0.05) is 0 Å². The molecular formula is C12H15F4N. The third kappa shape index (κ3) is 4.73. The molecule has 0 saturated heterocycles. The number of nitrogens with one attached hydrogen (secondary N) is 1. The number of alkyl halides is 3. The number of aryl methyl sites for hydroxylation is 1. The van der Waals surface area contributed by atoms with Crippen molar-refractivity contribution in [2.75, 3.05) is 13.6 Å². The van der Waals surface area contributed by atoms with E-state index in [2.05, 4.69) is 5.32 Å². The Morgan fingerprint density at radius 3 is 2.41 bits per heavy atom. The summed E-state index contributed by atoms with van der Waals surface area (Å²) in [5.74, 6) is -0.830. The van der Waals surface area contributed by atoms with Crippen molar-refractivity contribution in [1.82, 2.24) is 5.32 Å². The Balaban J connectivity index is 2.69. The molecule has 0 spiro atoms. The van der Waals surface area contributed by atoms with Gasteiger partial charge in [-0.25, -0.2) is 4.39 Å². The van der Waals surface area contributed by atoms with Crippen LogP contribution in [-0.4, -0.2) is 13.6 Å². The van der Waals surface area contributed by atoms with E-state index in [-0.39, 0.29) is 0 Å². The van der Waals surface area contributed by atoms with Crippen molar-refractivity contribution in [2.45, 2.75) is 25.4 Å². The quantitative estimate of drug-likeness (QED) is 0.623. The number of unbranched alkanes of at least 4 members (excludes halogenated alkanes) is 1. The monoisotopic (exact) mass is 249 g/mol. The normalized spacial score (nSPS) is 11.8. The van der Waals surface area contributed by atoms with E-state index in [4.69, 9.17) is 0 Å². The van der Waals surface area contributed by atoms with Gasteiger partial charge in [0.05, 0.1) is 5.56 Å². The molecule has 1 rings (SSSR count). The van der Waals surface area contributed by atoms with E-state index >= 15 is 0 Å². The Morgan fingerprint density at radius 1 is 1.12 bits per heavy atom. The molecule has 0 unspecified atom stereocenters. The van der Waals surface area contributed by atoms with Crippen molar-refractivity contribution in [3.8, 4) is 0 Å². The van der Waals surface area contributed by atoms with Crippen LogP contribution in [-0.2, 0) is 12.6 Å². The summed E-state index contributed by atoms with van der Waals surface area (Å²) in [6.45, 7) is 0.807. The number of benzene rings is 1. The highest BCUT2D eigenvalue weighted by atomic mass is 19.4. The zero-order valence-corrected chi connectivity index (χ0v) is 9.57. The maximum absolute atomic E-state index is 13.0. The Morgan fingerprint density at radius 2 is 1.82 bits per heavy atom. The fourth-order valence-electron chi connectivity index (χ4n) is 1.59. The van der Waals surface area contributed by atoms with E-state index in [0.29, 0.717) is 18.1 Å². The van der Waals surface area contributed by atoms with Gasteiger partial charge < -0.3 is 5.32 Å². The first kappa shape index (κ1) is 14.0. The number of halogens is 4. The zero-order chi connectivity index (χ0) is 12.9. The van der Waals surface area contributed by atoms with E-state index in [0.717, 1.165) is 31.5 Å². The van der Waals surface area contributed by atoms with Gasteiger partial charge in [0.25, 0.3) is 0 Å². The summed E-state index contributed by atoms with van der Waals surface area (Å²) in [5, 5.41) is 2.95. The van der Waals surface area contributed by atoms with Crippen LogP contribution in [0.3, 0.4) is 0 Å². The van der Waals surface area contributed by atoms with Crippen LogP contribution in [0.2, 0.25) is 0 Å². The van der Waals surface area contributed by atoms with E-state index in [9.17, 15) is 17.6 Å². The molecular weight excluding hydrogens is 234 g/mol. The van der Waals surface area contributed by atoms with Crippen molar-refractivity contribution in [3.63, 3.8) is 0 Å². The predicted octanol–water partition coefficient (Wildman–Crippen LogP) is 3.39. The average Bonchev–Trinajstić information content (AvgIpc) is 2.22. The maximum Gasteiger partial charge on any atom is 0.416 e. The fourth-order valence-corrected chi connectivity index (χ4v) is 1.59. The van der Waals surface area contributed by atoms with Crippen LogP contribution in [0.5, 0.6) is 0 Å². The second kappa shape index (κ2) is 6.00. The molecule has 0 bridgehead atoms. The summed E-state index contributed by atoms with van der Waals surface area (Å²) >= 11 is 0. The minimum atomic E-state index is -4.48. The van der Waals surface area contributed by atoms with Crippen LogP contribution in [0.15, 0.2) is 18.2 Å². The molecule has 0 aromatic heterocycles. The number of hydrogen-bond donors (Lipinski definition) is 1. The Kier molecular flexibility index (Phi) is 4.93.